The molecule has 1 unspecified atom stereocenters. The Hall–Kier alpha value is -1.61. The van der Waals surface area contributed by atoms with E-state index in [2.05, 4.69) is 0 Å². The van der Waals surface area contributed by atoms with Crippen LogP contribution in [0.15, 0.2) is 24.3 Å². The van der Waals surface area contributed by atoms with E-state index in [1.165, 1.54) is 24.3 Å². The summed E-state index contributed by atoms with van der Waals surface area (Å²) in [5.74, 6) is -1.08. The fraction of sp³-hybridized carbons (Fsp3) is 0.364. The molecule has 1 atom stereocenters. The number of hydrogen-bond acceptors (Lipinski definition) is 6. The SMILES string of the molecule is CS(=O)(=O)CCS(=O)CC(=O)c1ccc([N+](=O)[O-])cc1. The molecule has 0 saturated heterocycles. The van der Waals surface area contributed by atoms with Crippen molar-refractivity contribution in [3.8, 4) is 0 Å². The van der Waals surface area contributed by atoms with E-state index in [9.17, 15) is 27.5 Å². The van der Waals surface area contributed by atoms with Crippen LogP contribution in [0.5, 0.6) is 0 Å². The Morgan fingerprint density at radius 1 is 1.30 bits per heavy atom. The average Bonchev–Trinajstić information content (AvgIpc) is 2.35. The second-order valence-corrected chi connectivity index (χ2v) is 7.98. The maximum absolute atomic E-state index is 11.7. The summed E-state index contributed by atoms with van der Waals surface area (Å²) < 4.78 is 33.4. The third-order valence-corrected chi connectivity index (χ3v) is 4.82. The predicted molar refractivity (Wildman–Crippen MR) is 75.0 cm³/mol. The van der Waals surface area contributed by atoms with Gasteiger partial charge in [-0.15, -0.1) is 0 Å². The number of nitrogens with zero attached hydrogens (tertiary/aromatic N) is 1. The average molecular weight is 319 g/mol. The highest BCUT2D eigenvalue weighted by molar-refractivity contribution is 7.92. The summed E-state index contributed by atoms with van der Waals surface area (Å²) in [5.41, 5.74) is 0.0723. The molecule has 1 aromatic carbocycles. The zero-order valence-electron chi connectivity index (χ0n) is 10.6. The summed E-state index contributed by atoms with van der Waals surface area (Å²) in [6.07, 6.45) is 1.03. The van der Waals surface area contributed by atoms with Crippen molar-refractivity contribution in [1.29, 1.82) is 0 Å². The first-order valence-corrected chi connectivity index (χ1v) is 9.04. The van der Waals surface area contributed by atoms with E-state index in [-0.39, 0.29) is 28.5 Å². The van der Waals surface area contributed by atoms with Crippen LogP contribution < -0.4 is 0 Å². The number of carbonyl (C=O) groups is 1. The highest BCUT2D eigenvalue weighted by Crippen LogP contribution is 2.12. The summed E-state index contributed by atoms with van der Waals surface area (Å²) in [6.45, 7) is 0. The van der Waals surface area contributed by atoms with Gasteiger partial charge < -0.3 is 0 Å². The minimum atomic E-state index is -3.21. The molecule has 0 aliphatic carbocycles. The molecule has 0 amide bonds. The lowest BCUT2D eigenvalue weighted by Crippen LogP contribution is -2.18. The fourth-order valence-corrected chi connectivity index (χ4v) is 3.87. The summed E-state index contributed by atoms with van der Waals surface area (Å²) in [6, 6.07) is 4.95. The van der Waals surface area contributed by atoms with Gasteiger partial charge in [0.05, 0.1) is 16.4 Å². The molecule has 20 heavy (non-hydrogen) atoms. The molecule has 0 N–H and O–H groups in total. The standard InChI is InChI=1S/C11H13NO6S2/c1-20(17,18)7-6-19(16)8-11(13)9-2-4-10(5-3-9)12(14)15/h2-5H,6-8H2,1H3. The number of benzene rings is 1. The van der Waals surface area contributed by atoms with Crippen molar-refractivity contribution >= 4 is 32.1 Å². The quantitative estimate of drug-likeness (QED) is 0.412. The molecule has 0 heterocycles. The monoisotopic (exact) mass is 319 g/mol. The van der Waals surface area contributed by atoms with Crippen LogP contribution in [0.2, 0.25) is 0 Å². The minimum absolute atomic E-state index is 0.0996. The lowest BCUT2D eigenvalue weighted by Gasteiger charge is -2.02. The molecule has 0 fully saturated rings. The smallest absolute Gasteiger partial charge is 0.269 e. The van der Waals surface area contributed by atoms with Crippen LogP contribution in [0, 0.1) is 10.1 Å². The Kier molecular flexibility index (Phi) is 5.52. The molecule has 0 spiro atoms. The number of sulfone groups is 1. The highest BCUT2D eigenvalue weighted by atomic mass is 32.2. The topological polar surface area (TPSA) is 111 Å². The van der Waals surface area contributed by atoms with E-state index in [4.69, 9.17) is 0 Å². The summed E-state index contributed by atoms with van der Waals surface area (Å²) in [5, 5.41) is 10.5. The van der Waals surface area contributed by atoms with Gasteiger partial charge in [0.1, 0.15) is 9.84 Å². The Morgan fingerprint density at radius 2 is 1.85 bits per heavy atom. The molecule has 0 aromatic heterocycles. The van der Waals surface area contributed by atoms with Crippen LogP contribution in [0.1, 0.15) is 10.4 Å². The lowest BCUT2D eigenvalue weighted by atomic mass is 10.1. The third-order valence-electron chi connectivity index (χ3n) is 2.37. The molecule has 1 rings (SSSR count). The molecule has 0 bridgehead atoms. The number of rotatable bonds is 7. The van der Waals surface area contributed by atoms with Gasteiger partial charge in [0.25, 0.3) is 5.69 Å². The molecular weight excluding hydrogens is 306 g/mol. The Bertz CT molecular complexity index is 635. The Labute approximate surface area is 118 Å². The van der Waals surface area contributed by atoms with E-state index in [1.807, 2.05) is 0 Å². The molecule has 110 valence electrons. The fourth-order valence-electron chi connectivity index (χ4n) is 1.32. The number of nitro benzene ring substituents is 1. The highest BCUT2D eigenvalue weighted by Gasteiger charge is 2.14. The van der Waals surface area contributed by atoms with E-state index >= 15 is 0 Å². The molecule has 0 aliphatic heterocycles. The van der Waals surface area contributed by atoms with Crippen LogP contribution in [-0.4, -0.2) is 46.8 Å². The number of Topliss-reactive ketones (excluding diaryl/α,β-unsaturated/α-hetero) is 1. The van der Waals surface area contributed by atoms with Crippen LogP contribution >= 0.6 is 0 Å². The number of ketones is 1. The molecule has 0 radical (unpaired) electrons. The summed E-state index contributed by atoms with van der Waals surface area (Å²) >= 11 is 0. The van der Waals surface area contributed by atoms with Gasteiger partial charge in [-0.3, -0.25) is 19.1 Å². The molecule has 0 aliphatic rings. The van der Waals surface area contributed by atoms with Crippen molar-refractivity contribution < 1.29 is 22.3 Å². The molecule has 0 saturated carbocycles. The Balaban J connectivity index is 2.62. The molecule has 1 aromatic rings. The van der Waals surface area contributed by atoms with Gasteiger partial charge in [-0.2, -0.15) is 0 Å². The lowest BCUT2D eigenvalue weighted by molar-refractivity contribution is -0.384. The second-order valence-electron chi connectivity index (χ2n) is 4.15. The van der Waals surface area contributed by atoms with Gasteiger partial charge in [-0.1, -0.05) is 0 Å². The van der Waals surface area contributed by atoms with Crippen LogP contribution in [0.25, 0.3) is 0 Å². The third kappa shape index (κ3) is 5.57. The van der Waals surface area contributed by atoms with Crippen LogP contribution in [0.4, 0.5) is 5.69 Å². The van der Waals surface area contributed by atoms with Crippen molar-refractivity contribution in [3.63, 3.8) is 0 Å². The Morgan fingerprint density at radius 3 is 2.30 bits per heavy atom. The predicted octanol–water partition coefficient (Wildman–Crippen LogP) is 0.571. The summed E-state index contributed by atoms with van der Waals surface area (Å²) in [4.78, 5) is 21.6. The number of carbonyl (C=O) groups excluding carboxylic acids is 1. The van der Waals surface area contributed by atoms with Gasteiger partial charge in [0, 0.05) is 40.5 Å². The number of nitro groups is 1. The number of hydrogen-bond donors (Lipinski definition) is 0. The maximum atomic E-state index is 11.7. The van der Waals surface area contributed by atoms with Gasteiger partial charge >= 0.3 is 0 Å². The van der Waals surface area contributed by atoms with Crippen molar-refractivity contribution in [3.05, 3.63) is 39.9 Å². The van der Waals surface area contributed by atoms with Gasteiger partial charge in [-0.05, 0) is 12.1 Å². The second kappa shape index (κ2) is 6.71. The van der Waals surface area contributed by atoms with Gasteiger partial charge in [0.2, 0.25) is 0 Å². The van der Waals surface area contributed by atoms with E-state index in [0.717, 1.165) is 6.26 Å². The van der Waals surface area contributed by atoms with Crippen LogP contribution in [-0.2, 0) is 20.6 Å². The maximum Gasteiger partial charge on any atom is 0.269 e. The van der Waals surface area contributed by atoms with Gasteiger partial charge in [-0.25, -0.2) is 8.42 Å². The first-order valence-electron chi connectivity index (χ1n) is 5.49. The van der Waals surface area contributed by atoms with Crippen molar-refractivity contribution in [2.75, 3.05) is 23.5 Å². The van der Waals surface area contributed by atoms with E-state index < -0.39 is 31.3 Å². The largest absolute Gasteiger partial charge is 0.293 e. The van der Waals surface area contributed by atoms with Crippen molar-refractivity contribution in [2.24, 2.45) is 0 Å². The first-order chi connectivity index (χ1) is 9.19. The van der Waals surface area contributed by atoms with Gasteiger partial charge in [0.15, 0.2) is 5.78 Å². The van der Waals surface area contributed by atoms with E-state index in [1.54, 1.807) is 0 Å². The zero-order chi connectivity index (χ0) is 15.3. The summed E-state index contributed by atoms with van der Waals surface area (Å²) in [7, 11) is -4.79. The zero-order valence-corrected chi connectivity index (χ0v) is 12.3. The molecule has 9 heteroatoms. The van der Waals surface area contributed by atoms with Crippen molar-refractivity contribution in [1.82, 2.24) is 0 Å². The normalized spacial score (nSPS) is 12.8. The van der Waals surface area contributed by atoms with E-state index in [0.29, 0.717) is 0 Å². The molecular formula is C11H13NO6S2. The van der Waals surface area contributed by atoms with Crippen molar-refractivity contribution in [2.45, 2.75) is 0 Å². The minimum Gasteiger partial charge on any atom is -0.293 e. The molecule has 7 nitrogen and oxygen atoms in total. The number of non-ortho nitro benzene ring substituents is 1. The first kappa shape index (κ1) is 16.4. The van der Waals surface area contributed by atoms with Crippen LogP contribution in [0.3, 0.4) is 0 Å².